The molecule has 20 heavy (non-hydrogen) atoms. The second-order valence-corrected chi connectivity index (χ2v) is 5.99. The second-order valence-electron chi connectivity index (χ2n) is 4.30. The van der Waals surface area contributed by atoms with Crippen LogP contribution in [0.5, 0.6) is 0 Å². The maximum Gasteiger partial charge on any atom is 0.224 e. The van der Waals surface area contributed by atoms with Gasteiger partial charge in [-0.05, 0) is 47.2 Å². The molecule has 0 saturated carbocycles. The minimum Gasteiger partial charge on any atom is -0.397 e. The number of nitrogen functional groups attached to an aromatic ring is 1. The molecule has 7 heteroatoms. The number of nitrogens with two attached hydrogens (primary N) is 1. The van der Waals surface area contributed by atoms with Crippen molar-refractivity contribution >= 4 is 51.5 Å². The third-order valence-electron chi connectivity index (χ3n) is 2.68. The first kappa shape index (κ1) is 15.1. The molecule has 3 N–H and O–H groups in total. The summed E-state index contributed by atoms with van der Waals surface area (Å²) in [5.74, 6) is -0.0686. The molecular formula is C13H14ClIN4O. The Hall–Kier alpha value is -1.28. The van der Waals surface area contributed by atoms with Crippen molar-refractivity contribution in [2.75, 3.05) is 11.1 Å². The SMILES string of the molecule is Nc1cc(Cl)ccc1NC(=O)CCCn1cc(I)cn1. The topological polar surface area (TPSA) is 72.9 Å². The molecule has 0 aliphatic rings. The van der Waals surface area contributed by atoms with Crippen molar-refractivity contribution < 1.29 is 4.79 Å². The van der Waals surface area contributed by atoms with Crippen LogP contribution >= 0.6 is 34.2 Å². The molecule has 0 radical (unpaired) electrons. The largest absolute Gasteiger partial charge is 0.397 e. The van der Waals surface area contributed by atoms with Gasteiger partial charge in [0.15, 0.2) is 0 Å². The highest BCUT2D eigenvalue weighted by atomic mass is 127. The van der Waals surface area contributed by atoms with Gasteiger partial charge in [0.25, 0.3) is 0 Å². The lowest BCUT2D eigenvalue weighted by atomic mass is 10.2. The molecule has 1 aromatic carbocycles. The van der Waals surface area contributed by atoms with Crippen LogP contribution in [0.15, 0.2) is 30.6 Å². The lowest BCUT2D eigenvalue weighted by Gasteiger charge is -2.08. The van der Waals surface area contributed by atoms with E-state index in [1.165, 1.54) is 0 Å². The molecule has 5 nitrogen and oxygen atoms in total. The third kappa shape index (κ3) is 4.38. The number of hydrogen-bond donors (Lipinski definition) is 2. The van der Waals surface area contributed by atoms with E-state index in [1.807, 2.05) is 10.9 Å². The predicted octanol–water partition coefficient (Wildman–Crippen LogP) is 3.14. The first-order chi connectivity index (χ1) is 9.54. The van der Waals surface area contributed by atoms with Gasteiger partial charge in [0, 0.05) is 24.2 Å². The van der Waals surface area contributed by atoms with Crippen LogP contribution in [0.1, 0.15) is 12.8 Å². The van der Waals surface area contributed by atoms with E-state index >= 15 is 0 Å². The minimum atomic E-state index is -0.0686. The molecule has 0 atom stereocenters. The second kappa shape index (κ2) is 6.94. The van der Waals surface area contributed by atoms with Crippen molar-refractivity contribution in [3.63, 3.8) is 0 Å². The van der Waals surface area contributed by atoms with Crippen molar-refractivity contribution in [3.8, 4) is 0 Å². The van der Waals surface area contributed by atoms with Gasteiger partial charge in [0.1, 0.15) is 0 Å². The Morgan fingerprint density at radius 2 is 2.30 bits per heavy atom. The van der Waals surface area contributed by atoms with Crippen LogP contribution in [0, 0.1) is 3.57 Å². The smallest absolute Gasteiger partial charge is 0.224 e. The first-order valence-electron chi connectivity index (χ1n) is 6.07. The number of rotatable bonds is 5. The molecule has 0 bridgehead atoms. The maximum atomic E-state index is 11.8. The standard InChI is InChI=1S/C13H14ClIN4O/c14-9-3-4-12(11(16)6-9)18-13(20)2-1-5-19-8-10(15)7-17-19/h3-4,6-8H,1-2,5,16H2,(H,18,20). The Bertz CT molecular complexity index is 614. The lowest BCUT2D eigenvalue weighted by Crippen LogP contribution is -2.13. The quantitative estimate of drug-likeness (QED) is 0.594. The number of anilines is 2. The van der Waals surface area contributed by atoms with Crippen molar-refractivity contribution in [2.45, 2.75) is 19.4 Å². The summed E-state index contributed by atoms with van der Waals surface area (Å²) in [7, 11) is 0. The van der Waals surface area contributed by atoms with E-state index < -0.39 is 0 Å². The van der Waals surface area contributed by atoms with Gasteiger partial charge in [0.2, 0.25) is 5.91 Å². The van der Waals surface area contributed by atoms with Crippen LogP contribution in [-0.4, -0.2) is 15.7 Å². The fraction of sp³-hybridized carbons (Fsp3) is 0.231. The van der Waals surface area contributed by atoms with Crippen molar-refractivity contribution in [3.05, 3.63) is 39.2 Å². The summed E-state index contributed by atoms with van der Waals surface area (Å²) in [6.45, 7) is 0.715. The van der Waals surface area contributed by atoms with Crippen molar-refractivity contribution in [1.82, 2.24) is 9.78 Å². The van der Waals surface area contributed by atoms with Crippen LogP contribution < -0.4 is 11.1 Å². The Labute approximate surface area is 135 Å². The third-order valence-corrected chi connectivity index (χ3v) is 3.47. The van der Waals surface area contributed by atoms with E-state index in [9.17, 15) is 4.79 Å². The summed E-state index contributed by atoms with van der Waals surface area (Å²) in [5.41, 5.74) is 6.83. The van der Waals surface area contributed by atoms with Gasteiger partial charge >= 0.3 is 0 Å². The molecule has 2 rings (SSSR count). The van der Waals surface area contributed by atoms with Crippen molar-refractivity contribution in [1.29, 1.82) is 0 Å². The van der Waals surface area contributed by atoms with Gasteiger partial charge in [0.05, 0.1) is 21.1 Å². The fourth-order valence-corrected chi connectivity index (χ4v) is 2.35. The molecule has 0 saturated heterocycles. The highest BCUT2D eigenvalue weighted by Crippen LogP contribution is 2.22. The zero-order chi connectivity index (χ0) is 14.5. The van der Waals surface area contributed by atoms with Crippen LogP contribution in [0.4, 0.5) is 11.4 Å². The minimum absolute atomic E-state index is 0.0686. The molecule has 0 spiro atoms. The molecule has 0 aliphatic carbocycles. The van der Waals surface area contributed by atoms with Crippen LogP contribution in [0.25, 0.3) is 0 Å². The van der Waals surface area contributed by atoms with E-state index in [-0.39, 0.29) is 5.91 Å². The highest BCUT2D eigenvalue weighted by Gasteiger charge is 2.06. The molecule has 106 valence electrons. The van der Waals surface area contributed by atoms with Gasteiger partial charge in [-0.15, -0.1) is 0 Å². The number of aryl methyl sites for hydroxylation is 1. The van der Waals surface area contributed by atoms with Gasteiger partial charge < -0.3 is 11.1 Å². The number of aromatic nitrogens is 2. The number of hydrogen-bond acceptors (Lipinski definition) is 3. The van der Waals surface area contributed by atoms with Gasteiger partial charge in [-0.25, -0.2) is 0 Å². The number of halogens is 2. The van der Waals surface area contributed by atoms with E-state index in [0.717, 1.165) is 9.99 Å². The summed E-state index contributed by atoms with van der Waals surface area (Å²) in [5, 5.41) is 7.49. The van der Waals surface area contributed by atoms with Gasteiger partial charge in [-0.1, -0.05) is 11.6 Å². The summed E-state index contributed by atoms with van der Waals surface area (Å²) < 4.78 is 2.91. The fourth-order valence-electron chi connectivity index (χ4n) is 1.72. The molecule has 1 amide bonds. The van der Waals surface area contributed by atoms with Crippen LogP contribution in [0.2, 0.25) is 5.02 Å². The van der Waals surface area contributed by atoms with E-state index in [0.29, 0.717) is 29.4 Å². The number of carbonyl (C=O) groups excluding carboxylic acids is 1. The molecule has 0 aliphatic heterocycles. The van der Waals surface area contributed by atoms with Crippen molar-refractivity contribution in [2.24, 2.45) is 0 Å². The summed E-state index contributed by atoms with van der Waals surface area (Å²) in [6.07, 6.45) is 4.86. The van der Waals surface area contributed by atoms with Crippen LogP contribution in [-0.2, 0) is 11.3 Å². The number of amides is 1. The highest BCUT2D eigenvalue weighted by molar-refractivity contribution is 14.1. The number of carbonyl (C=O) groups is 1. The van der Waals surface area contributed by atoms with E-state index in [2.05, 4.69) is 33.0 Å². The number of nitrogens with zero attached hydrogens (tertiary/aromatic N) is 2. The predicted molar refractivity (Wildman–Crippen MR) is 88.7 cm³/mol. The zero-order valence-corrected chi connectivity index (χ0v) is 13.6. The zero-order valence-electron chi connectivity index (χ0n) is 10.6. The first-order valence-corrected chi connectivity index (χ1v) is 7.53. The monoisotopic (exact) mass is 404 g/mol. The van der Waals surface area contributed by atoms with E-state index in [1.54, 1.807) is 24.4 Å². The molecule has 1 heterocycles. The Morgan fingerprint density at radius 1 is 1.50 bits per heavy atom. The normalized spacial score (nSPS) is 10.5. The van der Waals surface area contributed by atoms with Crippen LogP contribution in [0.3, 0.4) is 0 Å². The Kier molecular flexibility index (Phi) is 5.24. The molecule has 0 fully saturated rings. The molecule has 1 aromatic heterocycles. The van der Waals surface area contributed by atoms with Gasteiger partial charge in [-0.2, -0.15) is 5.10 Å². The Morgan fingerprint density at radius 3 is 2.95 bits per heavy atom. The molecule has 2 aromatic rings. The maximum absolute atomic E-state index is 11.8. The average molecular weight is 405 g/mol. The lowest BCUT2D eigenvalue weighted by molar-refractivity contribution is -0.116. The van der Waals surface area contributed by atoms with Gasteiger partial charge in [-0.3, -0.25) is 9.48 Å². The summed E-state index contributed by atoms with van der Waals surface area (Å²) in [4.78, 5) is 11.8. The summed E-state index contributed by atoms with van der Waals surface area (Å²) >= 11 is 8.00. The van der Waals surface area contributed by atoms with E-state index in [4.69, 9.17) is 17.3 Å². The number of benzene rings is 1. The summed E-state index contributed by atoms with van der Waals surface area (Å²) in [6, 6.07) is 5.01. The number of nitrogens with one attached hydrogen (secondary N) is 1. The Balaban J connectivity index is 1.80. The molecule has 0 unspecified atom stereocenters. The average Bonchev–Trinajstić information content (AvgIpc) is 2.79. The molecular weight excluding hydrogens is 391 g/mol.